The van der Waals surface area contributed by atoms with E-state index in [1.807, 2.05) is 0 Å². The molecular formula is C21H15N. The quantitative estimate of drug-likeness (QED) is 0.414. The van der Waals surface area contributed by atoms with Crippen LogP contribution >= 0.6 is 0 Å². The molecule has 0 amide bonds. The molecule has 1 nitrogen and oxygen atoms in total. The van der Waals surface area contributed by atoms with Crippen molar-refractivity contribution in [1.82, 2.24) is 0 Å². The van der Waals surface area contributed by atoms with Crippen molar-refractivity contribution < 1.29 is 0 Å². The molecule has 4 aromatic rings. The summed E-state index contributed by atoms with van der Waals surface area (Å²) >= 11 is 0. The molecule has 0 saturated heterocycles. The molecule has 0 aromatic heterocycles. The Hall–Kier alpha value is -2.80. The fourth-order valence-corrected chi connectivity index (χ4v) is 3.56. The Kier molecular flexibility index (Phi) is 2.33. The van der Waals surface area contributed by atoms with Crippen molar-refractivity contribution in [3.63, 3.8) is 0 Å². The number of fused-ring (bicyclic) bond motifs is 6. The van der Waals surface area contributed by atoms with E-state index < -0.39 is 0 Å². The van der Waals surface area contributed by atoms with Gasteiger partial charge in [0.2, 0.25) is 0 Å². The van der Waals surface area contributed by atoms with E-state index in [-0.39, 0.29) is 0 Å². The molecule has 0 spiro atoms. The monoisotopic (exact) mass is 281 g/mol. The minimum Gasteiger partial charge on any atom is -0.380 e. The molecule has 0 unspecified atom stereocenters. The summed E-state index contributed by atoms with van der Waals surface area (Å²) in [7, 11) is 0. The summed E-state index contributed by atoms with van der Waals surface area (Å²) in [5, 5.41) is 8.79. The third kappa shape index (κ3) is 1.59. The lowest BCUT2D eigenvalue weighted by Crippen LogP contribution is -2.08. The Morgan fingerprint density at radius 1 is 0.682 bits per heavy atom. The predicted octanol–water partition coefficient (Wildman–Crippen LogP) is 5.59. The second kappa shape index (κ2) is 4.35. The zero-order chi connectivity index (χ0) is 14.5. The number of anilines is 1. The lowest BCUT2D eigenvalue weighted by molar-refractivity contribution is 1.13. The molecule has 0 saturated carbocycles. The van der Waals surface area contributed by atoms with Crippen molar-refractivity contribution in [2.45, 2.75) is 6.54 Å². The van der Waals surface area contributed by atoms with E-state index in [0.717, 1.165) is 6.54 Å². The van der Waals surface area contributed by atoms with Crippen molar-refractivity contribution in [3.05, 3.63) is 78.4 Å². The highest BCUT2D eigenvalue weighted by Gasteiger charge is 2.17. The zero-order valence-corrected chi connectivity index (χ0v) is 12.1. The number of nitrogens with one attached hydrogen (secondary N) is 1. The van der Waals surface area contributed by atoms with Gasteiger partial charge in [0.05, 0.1) is 0 Å². The van der Waals surface area contributed by atoms with Gasteiger partial charge in [-0.2, -0.15) is 0 Å². The standard InChI is InChI=1S/C21H15N/c1-2-6-15-12-19-16(11-14(15)5-1)9-10-20-21(19)18-8-4-3-7-17(18)13-22-20/h1-12,22H,13H2. The van der Waals surface area contributed by atoms with Gasteiger partial charge in [0.15, 0.2) is 0 Å². The van der Waals surface area contributed by atoms with Crippen LogP contribution in [0.4, 0.5) is 5.69 Å². The van der Waals surface area contributed by atoms with Gasteiger partial charge in [-0.15, -0.1) is 0 Å². The molecular weight excluding hydrogens is 266 g/mol. The molecule has 0 radical (unpaired) electrons. The predicted molar refractivity (Wildman–Crippen MR) is 94.2 cm³/mol. The molecule has 22 heavy (non-hydrogen) atoms. The van der Waals surface area contributed by atoms with Crippen LogP contribution in [-0.2, 0) is 6.54 Å². The van der Waals surface area contributed by atoms with Crippen LogP contribution in [0, 0.1) is 0 Å². The average molecular weight is 281 g/mol. The zero-order valence-electron chi connectivity index (χ0n) is 12.1. The van der Waals surface area contributed by atoms with Crippen LogP contribution in [0.15, 0.2) is 72.8 Å². The van der Waals surface area contributed by atoms with Gasteiger partial charge in [0, 0.05) is 17.8 Å². The Balaban J connectivity index is 1.94. The van der Waals surface area contributed by atoms with Gasteiger partial charge in [-0.1, -0.05) is 54.6 Å². The smallest absolute Gasteiger partial charge is 0.0429 e. The lowest BCUT2D eigenvalue weighted by Gasteiger charge is -2.23. The van der Waals surface area contributed by atoms with Crippen LogP contribution in [0.2, 0.25) is 0 Å². The van der Waals surface area contributed by atoms with Gasteiger partial charge < -0.3 is 5.32 Å². The molecule has 0 fully saturated rings. The van der Waals surface area contributed by atoms with Crippen LogP contribution in [0.1, 0.15) is 5.56 Å². The number of hydrogen-bond donors (Lipinski definition) is 1. The summed E-state index contributed by atoms with van der Waals surface area (Å²) in [6, 6.07) is 26.3. The molecule has 1 heterocycles. The first-order chi connectivity index (χ1) is 10.9. The summed E-state index contributed by atoms with van der Waals surface area (Å²) in [6.45, 7) is 0.905. The minimum absolute atomic E-state index is 0.905. The van der Waals surface area contributed by atoms with Crippen LogP contribution in [0.25, 0.3) is 32.7 Å². The molecule has 1 aliphatic heterocycles. The lowest BCUT2D eigenvalue weighted by atomic mass is 9.89. The van der Waals surface area contributed by atoms with E-state index in [0.29, 0.717) is 0 Å². The van der Waals surface area contributed by atoms with Crippen molar-refractivity contribution in [3.8, 4) is 11.1 Å². The van der Waals surface area contributed by atoms with Crippen molar-refractivity contribution in [1.29, 1.82) is 0 Å². The third-order valence-electron chi connectivity index (χ3n) is 4.64. The van der Waals surface area contributed by atoms with E-state index in [1.54, 1.807) is 0 Å². The molecule has 0 bridgehead atoms. The van der Waals surface area contributed by atoms with E-state index in [1.165, 1.54) is 43.9 Å². The van der Waals surface area contributed by atoms with Crippen LogP contribution < -0.4 is 5.32 Å². The highest BCUT2D eigenvalue weighted by atomic mass is 14.9. The van der Waals surface area contributed by atoms with E-state index >= 15 is 0 Å². The number of hydrogen-bond acceptors (Lipinski definition) is 1. The van der Waals surface area contributed by atoms with Crippen LogP contribution in [-0.4, -0.2) is 0 Å². The molecule has 0 atom stereocenters. The SMILES string of the molecule is c1ccc2c(c1)CNc1ccc3cc4ccccc4cc3c1-2. The maximum absolute atomic E-state index is 3.56. The molecule has 4 aromatic carbocycles. The highest BCUT2D eigenvalue weighted by Crippen LogP contribution is 2.41. The highest BCUT2D eigenvalue weighted by molar-refractivity contribution is 6.09. The first kappa shape index (κ1) is 11.8. The van der Waals surface area contributed by atoms with Gasteiger partial charge >= 0.3 is 0 Å². The Bertz CT molecular complexity index is 1030. The summed E-state index contributed by atoms with van der Waals surface area (Å²) in [4.78, 5) is 0. The molecule has 1 aliphatic rings. The maximum Gasteiger partial charge on any atom is 0.0429 e. The topological polar surface area (TPSA) is 12.0 Å². The van der Waals surface area contributed by atoms with E-state index in [4.69, 9.17) is 0 Å². The minimum atomic E-state index is 0.905. The fourth-order valence-electron chi connectivity index (χ4n) is 3.56. The average Bonchev–Trinajstić information content (AvgIpc) is 2.59. The van der Waals surface area contributed by atoms with Gasteiger partial charge in [-0.05, 0) is 50.9 Å². The largest absolute Gasteiger partial charge is 0.380 e. The van der Waals surface area contributed by atoms with Crippen LogP contribution in [0.5, 0.6) is 0 Å². The fraction of sp³-hybridized carbons (Fsp3) is 0.0476. The summed E-state index contributed by atoms with van der Waals surface area (Å²) in [5.74, 6) is 0. The van der Waals surface area contributed by atoms with Crippen molar-refractivity contribution >= 4 is 27.2 Å². The Labute approximate surface area is 129 Å². The molecule has 0 aliphatic carbocycles. The maximum atomic E-state index is 3.56. The molecule has 1 N–H and O–H groups in total. The Morgan fingerprint density at radius 2 is 1.45 bits per heavy atom. The summed E-state index contributed by atoms with van der Waals surface area (Å²) < 4.78 is 0. The van der Waals surface area contributed by atoms with Crippen LogP contribution in [0.3, 0.4) is 0 Å². The molecule has 1 heteroatoms. The number of rotatable bonds is 0. The van der Waals surface area contributed by atoms with Gasteiger partial charge in [-0.3, -0.25) is 0 Å². The molecule has 5 rings (SSSR count). The third-order valence-corrected chi connectivity index (χ3v) is 4.64. The van der Waals surface area contributed by atoms with Gasteiger partial charge in [0.1, 0.15) is 0 Å². The molecule has 104 valence electrons. The van der Waals surface area contributed by atoms with E-state index in [2.05, 4.69) is 78.1 Å². The first-order valence-electron chi connectivity index (χ1n) is 7.68. The second-order valence-corrected chi connectivity index (χ2v) is 5.92. The second-order valence-electron chi connectivity index (χ2n) is 5.92. The first-order valence-corrected chi connectivity index (χ1v) is 7.68. The summed E-state index contributed by atoms with van der Waals surface area (Å²) in [5.41, 5.74) is 5.30. The van der Waals surface area contributed by atoms with Crippen molar-refractivity contribution in [2.75, 3.05) is 5.32 Å². The normalized spacial score (nSPS) is 12.7. The Morgan fingerprint density at radius 3 is 2.36 bits per heavy atom. The van der Waals surface area contributed by atoms with E-state index in [9.17, 15) is 0 Å². The van der Waals surface area contributed by atoms with Crippen molar-refractivity contribution in [2.24, 2.45) is 0 Å². The summed E-state index contributed by atoms with van der Waals surface area (Å²) in [6.07, 6.45) is 0. The number of benzene rings is 4. The van der Waals surface area contributed by atoms with Gasteiger partial charge in [0.25, 0.3) is 0 Å². The van der Waals surface area contributed by atoms with Gasteiger partial charge in [-0.25, -0.2) is 0 Å².